The zero-order valence-electron chi connectivity index (χ0n) is 7.99. The number of benzene rings is 1. The summed E-state index contributed by atoms with van der Waals surface area (Å²) in [5.41, 5.74) is 1.30. The van der Waals surface area contributed by atoms with E-state index >= 15 is 0 Å². The Morgan fingerprint density at radius 2 is 2.00 bits per heavy atom. The molecule has 70 valence electrons. The fraction of sp³-hybridized carbons (Fsp3) is 0.273. The molecule has 0 aliphatic rings. The number of carbonyl (C=O) groups excluding carboxylic acids is 1. The summed E-state index contributed by atoms with van der Waals surface area (Å²) >= 11 is 0. The van der Waals surface area contributed by atoms with E-state index in [1.165, 1.54) is 5.56 Å². The maximum absolute atomic E-state index is 10.8. The van der Waals surface area contributed by atoms with Gasteiger partial charge in [0.1, 0.15) is 0 Å². The third-order valence-electron chi connectivity index (χ3n) is 1.60. The highest BCUT2D eigenvalue weighted by Gasteiger charge is 1.93. The first-order valence-corrected chi connectivity index (χ1v) is 6.05. The lowest BCUT2D eigenvalue weighted by atomic mass is 10.2. The lowest BCUT2D eigenvalue weighted by molar-refractivity contribution is -0.110. The molecule has 0 aliphatic carbocycles. The molecule has 0 saturated carbocycles. The van der Waals surface area contributed by atoms with Gasteiger partial charge in [-0.1, -0.05) is 30.3 Å². The van der Waals surface area contributed by atoms with E-state index in [0.717, 1.165) is 5.75 Å². The SMILES string of the molecule is CC(=O)/C=S(\C)Cc1ccccc1. The second-order valence-electron chi connectivity index (χ2n) is 3.05. The third kappa shape index (κ3) is 4.04. The maximum Gasteiger partial charge on any atom is 0.158 e. The van der Waals surface area contributed by atoms with Crippen molar-refractivity contribution in [3.63, 3.8) is 0 Å². The van der Waals surface area contributed by atoms with Crippen molar-refractivity contribution in [1.29, 1.82) is 0 Å². The van der Waals surface area contributed by atoms with Crippen LogP contribution in [0.1, 0.15) is 12.5 Å². The Morgan fingerprint density at radius 1 is 1.38 bits per heavy atom. The quantitative estimate of drug-likeness (QED) is 0.676. The van der Waals surface area contributed by atoms with Gasteiger partial charge >= 0.3 is 0 Å². The van der Waals surface area contributed by atoms with E-state index in [1.807, 2.05) is 18.2 Å². The number of hydrogen-bond donors (Lipinski definition) is 0. The van der Waals surface area contributed by atoms with Crippen LogP contribution in [0.4, 0.5) is 0 Å². The number of hydrogen-bond acceptors (Lipinski definition) is 1. The van der Waals surface area contributed by atoms with E-state index in [4.69, 9.17) is 0 Å². The standard InChI is InChI=1S/C11H14OS/c1-10(12)8-13(2)9-11-6-4-3-5-7-11/h3-8H,9H2,1-2H3. The summed E-state index contributed by atoms with van der Waals surface area (Å²) in [6.45, 7) is 1.61. The first-order valence-electron chi connectivity index (χ1n) is 4.19. The maximum atomic E-state index is 10.8. The third-order valence-corrected chi connectivity index (χ3v) is 3.13. The molecular formula is C11H14OS. The molecule has 1 aromatic carbocycles. The summed E-state index contributed by atoms with van der Waals surface area (Å²) in [5.74, 6) is 1.14. The summed E-state index contributed by atoms with van der Waals surface area (Å²) in [4.78, 5) is 10.8. The van der Waals surface area contributed by atoms with Gasteiger partial charge in [0, 0.05) is 11.1 Å². The molecule has 1 rings (SSSR count). The number of carbonyl (C=O) groups is 1. The van der Waals surface area contributed by atoms with E-state index in [2.05, 4.69) is 18.4 Å². The number of rotatable bonds is 3. The van der Waals surface area contributed by atoms with Crippen molar-refractivity contribution < 1.29 is 4.79 Å². The van der Waals surface area contributed by atoms with Crippen LogP contribution in [0.25, 0.3) is 0 Å². The second-order valence-corrected chi connectivity index (χ2v) is 4.96. The van der Waals surface area contributed by atoms with E-state index in [0.29, 0.717) is 0 Å². The van der Waals surface area contributed by atoms with Gasteiger partial charge in [0.25, 0.3) is 0 Å². The van der Waals surface area contributed by atoms with Crippen LogP contribution in [0.15, 0.2) is 30.3 Å². The number of Topliss-reactive ketones (excluding diaryl/α,β-unsaturated/α-hetero) is 1. The first-order chi connectivity index (χ1) is 6.18. The predicted molar refractivity (Wildman–Crippen MR) is 60.4 cm³/mol. The smallest absolute Gasteiger partial charge is 0.158 e. The minimum atomic E-state index is 0.0744. The Labute approximate surface area is 81.7 Å². The van der Waals surface area contributed by atoms with Crippen molar-refractivity contribution in [1.82, 2.24) is 0 Å². The molecule has 0 saturated heterocycles. The number of ketones is 1. The fourth-order valence-corrected chi connectivity index (χ4v) is 2.53. The molecule has 1 aromatic rings. The Hall–Kier alpha value is -0.890. The molecule has 0 bridgehead atoms. The van der Waals surface area contributed by atoms with Gasteiger partial charge in [0.2, 0.25) is 0 Å². The van der Waals surface area contributed by atoms with Crippen LogP contribution in [-0.2, 0) is 10.5 Å². The summed E-state index contributed by atoms with van der Waals surface area (Å²) in [6, 6.07) is 10.3. The topological polar surface area (TPSA) is 17.1 Å². The van der Waals surface area contributed by atoms with Crippen LogP contribution in [-0.4, -0.2) is 17.4 Å². The molecule has 13 heavy (non-hydrogen) atoms. The molecule has 0 aromatic heterocycles. The van der Waals surface area contributed by atoms with E-state index in [1.54, 1.807) is 12.3 Å². The minimum absolute atomic E-state index is 0.0744. The van der Waals surface area contributed by atoms with E-state index < -0.39 is 0 Å². The average Bonchev–Trinajstić information content (AvgIpc) is 2.04. The van der Waals surface area contributed by atoms with Gasteiger partial charge in [-0.05, 0) is 18.7 Å². The first kappa shape index (κ1) is 10.2. The van der Waals surface area contributed by atoms with Crippen molar-refractivity contribution in [2.75, 3.05) is 6.26 Å². The Balaban J connectivity index is 2.65. The van der Waals surface area contributed by atoms with Crippen LogP contribution in [0.3, 0.4) is 0 Å². The van der Waals surface area contributed by atoms with E-state index in [9.17, 15) is 4.79 Å². The van der Waals surface area contributed by atoms with Gasteiger partial charge in [-0.15, -0.1) is 0 Å². The molecule has 1 atom stereocenters. The molecule has 0 spiro atoms. The van der Waals surface area contributed by atoms with Crippen LogP contribution in [0.5, 0.6) is 0 Å². The molecule has 0 amide bonds. The minimum Gasteiger partial charge on any atom is -0.295 e. The van der Waals surface area contributed by atoms with Crippen LogP contribution < -0.4 is 0 Å². The molecular weight excluding hydrogens is 180 g/mol. The van der Waals surface area contributed by atoms with Gasteiger partial charge in [0.05, 0.1) is 0 Å². The zero-order chi connectivity index (χ0) is 9.68. The van der Waals surface area contributed by atoms with Gasteiger partial charge in [0.15, 0.2) is 5.78 Å². The lowest BCUT2D eigenvalue weighted by Crippen LogP contribution is -1.91. The molecule has 0 radical (unpaired) electrons. The molecule has 2 heteroatoms. The summed E-state index contributed by atoms with van der Waals surface area (Å²) in [7, 11) is 0.0744. The van der Waals surface area contributed by atoms with Crippen molar-refractivity contribution in [3.05, 3.63) is 35.9 Å². The summed E-state index contributed by atoms with van der Waals surface area (Å²) in [5, 5.41) is 1.80. The van der Waals surface area contributed by atoms with Crippen molar-refractivity contribution >= 4 is 21.6 Å². The molecule has 1 unspecified atom stereocenters. The van der Waals surface area contributed by atoms with Crippen molar-refractivity contribution in [3.8, 4) is 0 Å². The molecule has 0 aliphatic heterocycles. The van der Waals surface area contributed by atoms with Gasteiger partial charge in [-0.2, -0.15) is 10.5 Å². The highest BCUT2D eigenvalue weighted by molar-refractivity contribution is 8.14. The Morgan fingerprint density at radius 3 is 2.54 bits per heavy atom. The summed E-state index contributed by atoms with van der Waals surface area (Å²) < 4.78 is 0. The highest BCUT2D eigenvalue weighted by atomic mass is 32.2. The normalized spacial score (nSPS) is 12.8. The highest BCUT2D eigenvalue weighted by Crippen LogP contribution is 2.14. The fourth-order valence-electron chi connectivity index (χ4n) is 1.16. The predicted octanol–water partition coefficient (Wildman–Crippen LogP) is 2.48. The zero-order valence-corrected chi connectivity index (χ0v) is 8.80. The molecule has 0 fully saturated rings. The van der Waals surface area contributed by atoms with Crippen LogP contribution in [0.2, 0.25) is 0 Å². The second kappa shape index (κ2) is 4.97. The summed E-state index contributed by atoms with van der Waals surface area (Å²) in [6.07, 6.45) is 2.09. The van der Waals surface area contributed by atoms with Crippen LogP contribution >= 0.6 is 10.5 Å². The van der Waals surface area contributed by atoms with Gasteiger partial charge < -0.3 is 0 Å². The largest absolute Gasteiger partial charge is 0.295 e. The monoisotopic (exact) mass is 194 g/mol. The Bertz CT molecular complexity index is 314. The van der Waals surface area contributed by atoms with Gasteiger partial charge in [-0.3, -0.25) is 4.79 Å². The lowest BCUT2D eigenvalue weighted by Gasteiger charge is -2.01. The Kier molecular flexibility index (Phi) is 3.90. The molecule has 0 heterocycles. The van der Waals surface area contributed by atoms with Gasteiger partial charge in [-0.25, -0.2) is 0 Å². The molecule has 0 N–H and O–H groups in total. The molecule has 1 nitrogen and oxygen atoms in total. The van der Waals surface area contributed by atoms with E-state index in [-0.39, 0.29) is 16.3 Å². The van der Waals surface area contributed by atoms with Crippen molar-refractivity contribution in [2.24, 2.45) is 0 Å². The van der Waals surface area contributed by atoms with Crippen molar-refractivity contribution in [2.45, 2.75) is 12.7 Å². The van der Waals surface area contributed by atoms with Crippen LogP contribution in [0, 0.1) is 0 Å². The average molecular weight is 194 g/mol.